The van der Waals surface area contributed by atoms with Crippen LogP contribution < -0.4 is 0 Å². The molecule has 3 unspecified atom stereocenters. The third kappa shape index (κ3) is 3.29. The van der Waals surface area contributed by atoms with Crippen LogP contribution in [-0.2, 0) is 19.1 Å². The monoisotopic (exact) mass is 500 g/mol. The first-order chi connectivity index (χ1) is 16.9. The van der Waals surface area contributed by atoms with Crippen molar-refractivity contribution in [2.24, 2.45) is 39.4 Å². The van der Waals surface area contributed by atoms with Gasteiger partial charge in [-0.25, -0.2) is 4.79 Å². The lowest BCUT2D eigenvalue weighted by Gasteiger charge is -2.70. The number of carbonyl (C=O) groups excluding carboxylic acids is 2. The van der Waals surface area contributed by atoms with Crippen molar-refractivity contribution >= 4 is 11.9 Å². The van der Waals surface area contributed by atoms with E-state index in [9.17, 15) is 14.7 Å². The van der Waals surface area contributed by atoms with E-state index in [1.807, 2.05) is 13.8 Å². The summed E-state index contributed by atoms with van der Waals surface area (Å²) in [6.07, 6.45) is 8.36. The summed E-state index contributed by atoms with van der Waals surface area (Å²) in [7, 11) is 0. The van der Waals surface area contributed by atoms with Crippen LogP contribution in [0.4, 0.5) is 0 Å². The van der Waals surface area contributed by atoms with E-state index in [2.05, 4.69) is 34.6 Å². The maximum absolute atomic E-state index is 13.0. The van der Waals surface area contributed by atoms with Crippen LogP contribution in [0.3, 0.4) is 0 Å². The van der Waals surface area contributed by atoms with Crippen LogP contribution in [0, 0.1) is 39.4 Å². The summed E-state index contributed by atoms with van der Waals surface area (Å²) in [6.45, 7) is 15.7. The molecule has 0 aromatic heterocycles. The average molecular weight is 501 g/mol. The molecule has 1 N–H and O–H groups in total. The normalized spacial score (nSPS) is 49.9. The number of cyclic esters (lactones) is 1. The average Bonchev–Trinajstić information content (AvgIpc) is 3.12. The third-order valence-electron chi connectivity index (χ3n) is 12.5. The minimum absolute atomic E-state index is 0.0279. The summed E-state index contributed by atoms with van der Waals surface area (Å²) in [5.41, 5.74) is 1.47. The zero-order chi connectivity index (χ0) is 26.3. The molecule has 5 nitrogen and oxygen atoms in total. The first-order valence-electron chi connectivity index (χ1n) is 14.7. The van der Waals surface area contributed by atoms with Gasteiger partial charge in [-0.2, -0.15) is 0 Å². The molecule has 5 rings (SSSR count). The second kappa shape index (κ2) is 8.58. The number of esters is 2. The Labute approximate surface area is 217 Å². The molecule has 0 amide bonds. The second-order valence-electron chi connectivity index (χ2n) is 13.9. The highest BCUT2D eigenvalue weighted by Gasteiger charge is 2.70. The Hall–Kier alpha value is -1.36. The van der Waals surface area contributed by atoms with E-state index in [4.69, 9.17) is 9.47 Å². The zero-order valence-electron chi connectivity index (χ0n) is 23.6. The van der Waals surface area contributed by atoms with E-state index in [0.29, 0.717) is 18.3 Å². The van der Waals surface area contributed by atoms with E-state index in [-0.39, 0.29) is 46.3 Å². The molecule has 0 bridgehead atoms. The van der Waals surface area contributed by atoms with E-state index in [1.54, 1.807) is 0 Å². The fourth-order valence-electron chi connectivity index (χ4n) is 10.6. The van der Waals surface area contributed by atoms with Gasteiger partial charge in [-0.1, -0.05) is 41.5 Å². The summed E-state index contributed by atoms with van der Waals surface area (Å²) < 4.78 is 11.8. The molecule has 0 aromatic carbocycles. The van der Waals surface area contributed by atoms with Crippen molar-refractivity contribution in [1.29, 1.82) is 0 Å². The standard InChI is InChI=1S/C31H48O5/c1-8-10-25(33)36-24-14-16-29(5)20(28(24,4)9-2)13-15-30(6)21-12-11-19-18(3)35-27(34)26(19)31(21,7)23(32)17-22(29)30/h18,20-24,32H,8-17H2,1-7H3/t18-,20?,21?,22?,23-,24+,28+,29-,30-,31+/m0/s1. The minimum Gasteiger partial charge on any atom is -0.462 e. The van der Waals surface area contributed by atoms with Crippen molar-refractivity contribution in [2.75, 3.05) is 0 Å². The highest BCUT2D eigenvalue weighted by molar-refractivity contribution is 5.94. The van der Waals surface area contributed by atoms with Gasteiger partial charge in [0.1, 0.15) is 12.2 Å². The van der Waals surface area contributed by atoms with E-state index in [1.165, 1.54) is 0 Å². The molecule has 4 aliphatic carbocycles. The lowest BCUT2D eigenvalue weighted by atomic mass is 9.34. The van der Waals surface area contributed by atoms with Crippen molar-refractivity contribution in [1.82, 2.24) is 0 Å². The Morgan fingerprint density at radius 2 is 1.69 bits per heavy atom. The Morgan fingerprint density at radius 3 is 2.36 bits per heavy atom. The van der Waals surface area contributed by atoms with Crippen molar-refractivity contribution < 1.29 is 24.2 Å². The maximum Gasteiger partial charge on any atom is 0.335 e. The lowest BCUT2D eigenvalue weighted by Crippen LogP contribution is -2.67. The molecule has 36 heavy (non-hydrogen) atoms. The molecular weight excluding hydrogens is 452 g/mol. The van der Waals surface area contributed by atoms with Gasteiger partial charge in [-0.05, 0) is 98.9 Å². The molecule has 5 aliphatic rings. The smallest absolute Gasteiger partial charge is 0.335 e. The molecule has 5 heteroatoms. The van der Waals surface area contributed by atoms with E-state index in [0.717, 1.165) is 68.9 Å². The van der Waals surface area contributed by atoms with Crippen molar-refractivity contribution in [3.05, 3.63) is 11.1 Å². The first-order valence-corrected chi connectivity index (χ1v) is 14.7. The number of ether oxygens (including phenoxy) is 2. The summed E-state index contributed by atoms with van der Waals surface area (Å²) in [4.78, 5) is 25.6. The molecule has 0 aromatic rings. The van der Waals surface area contributed by atoms with Gasteiger partial charge in [-0.15, -0.1) is 0 Å². The maximum atomic E-state index is 13.0. The third-order valence-corrected chi connectivity index (χ3v) is 12.5. The van der Waals surface area contributed by atoms with Gasteiger partial charge >= 0.3 is 11.9 Å². The number of aliphatic hydroxyl groups is 1. The van der Waals surface area contributed by atoms with Gasteiger partial charge in [0.05, 0.1) is 6.10 Å². The molecule has 0 radical (unpaired) electrons. The van der Waals surface area contributed by atoms with Crippen LogP contribution in [0.5, 0.6) is 0 Å². The fourth-order valence-corrected chi connectivity index (χ4v) is 10.6. The molecule has 3 fully saturated rings. The molecule has 0 saturated heterocycles. The van der Waals surface area contributed by atoms with E-state index < -0.39 is 11.5 Å². The van der Waals surface area contributed by atoms with Gasteiger partial charge < -0.3 is 14.6 Å². The molecular formula is C31H48O5. The van der Waals surface area contributed by atoms with Gasteiger partial charge in [0, 0.05) is 22.8 Å². The van der Waals surface area contributed by atoms with Crippen molar-refractivity contribution in [2.45, 2.75) is 131 Å². The van der Waals surface area contributed by atoms with Gasteiger partial charge in [-0.3, -0.25) is 4.79 Å². The topological polar surface area (TPSA) is 72.8 Å². The minimum atomic E-state index is -0.549. The molecule has 10 atom stereocenters. The Kier molecular flexibility index (Phi) is 6.26. The summed E-state index contributed by atoms with van der Waals surface area (Å²) >= 11 is 0. The highest BCUT2D eigenvalue weighted by Crippen LogP contribution is 2.74. The zero-order valence-corrected chi connectivity index (χ0v) is 23.6. The second-order valence-corrected chi connectivity index (χ2v) is 13.9. The lowest BCUT2D eigenvalue weighted by molar-refractivity contribution is -0.239. The van der Waals surface area contributed by atoms with Gasteiger partial charge in [0.2, 0.25) is 0 Å². The number of rotatable bonds is 4. The summed E-state index contributed by atoms with van der Waals surface area (Å²) in [5, 5.41) is 11.9. The Bertz CT molecular complexity index is 970. The SMILES string of the molecule is CCCC(=O)O[C@@H]1CC[C@]2(C)C3C[C@H](O)[C@]4(C)C5=C(CCC4[C@]3(C)CCC2[C@@]1(C)CC)[C@H](C)OC5=O. The van der Waals surface area contributed by atoms with Gasteiger partial charge in [0.15, 0.2) is 0 Å². The van der Waals surface area contributed by atoms with Crippen molar-refractivity contribution in [3.63, 3.8) is 0 Å². The van der Waals surface area contributed by atoms with Crippen LogP contribution >= 0.6 is 0 Å². The van der Waals surface area contributed by atoms with Crippen LogP contribution in [0.1, 0.15) is 113 Å². The van der Waals surface area contributed by atoms with E-state index >= 15 is 0 Å². The largest absolute Gasteiger partial charge is 0.462 e. The Morgan fingerprint density at radius 1 is 1.03 bits per heavy atom. The summed E-state index contributed by atoms with van der Waals surface area (Å²) in [6, 6.07) is 0. The molecule has 1 heterocycles. The van der Waals surface area contributed by atoms with Crippen molar-refractivity contribution in [3.8, 4) is 0 Å². The molecule has 202 valence electrons. The number of aliphatic hydroxyl groups excluding tert-OH is 1. The number of carbonyl (C=O) groups is 2. The van der Waals surface area contributed by atoms with Crippen LogP contribution in [0.2, 0.25) is 0 Å². The van der Waals surface area contributed by atoms with Crippen LogP contribution in [-0.4, -0.2) is 35.4 Å². The number of hydrogen-bond acceptors (Lipinski definition) is 5. The predicted octanol–water partition coefficient (Wildman–Crippen LogP) is 6.37. The first kappa shape index (κ1) is 26.3. The van der Waals surface area contributed by atoms with Gasteiger partial charge in [0.25, 0.3) is 0 Å². The predicted molar refractivity (Wildman–Crippen MR) is 139 cm³/mol. The molecule has 3 saturated carbocycles. The quantitative estimate of drug-likeness (QED) is 0.454. The van der Waals surface area contributed by atoms with Crippen LogP contribution in [0.25, 0.3) is 0 Å². The Balaban J connectivity index is 1.51. The summed E-state index contributed by atoms with van der Waals surface area (Å²) in [5.74, 6) is 0.846. The number of fused-ring (bicyclic) bond motifs is 6. The highest BCUT2D eigenvalue weighted by atomic mass is 16.6. The van der Waals surface area contributed by atoms with Crippen LogP contribution in [0.15, 0.2) is 11.1 Å². The molecule has 1 aliphatic heterocycles. The molecule has 0 spiro atoms. The fraction of sp³-hybridized carbons (Fsp3) is 0.871. The number of hydrogen-bond donors (Lipinski definition) is 1.